The van der Waals surface area contributed by atoms with Gasteiger partial charge in [0.25, 0.3) is 0 Å². The molecule has 1 unspecified atom stereocenters. The second-order valence-corrected chi connectivity index (χ2v) is 6.07. The number of nitrogens with zero attached hydrogens (tertiary/aromatic N) is 4. The molecule has 0 aromatic carbocycles. The molecule has 6 heteroatoms. The molecule has 98 valence electrons. The minimum Gasteiger partial charge on any atom is -0.336 e. The highest BCUT2D eigenvalue weighted by atomic mass is 32.1. The molecule has 5 nitrogen and oxygen atoms in total. The van der Waals surface area contributed by atoms with Gasteiger partial charge in [0, 0.05) is 36.9 Å². The Morgan fingerprint density at radius 3 is 2.83 bits per heavy atom. The molecule has 0 saturated heterocycles. The maximum atomic E-state index is 4.08. The van der Waals surface area contributed by atoms with E-state index in [0.29, 0.717) is 6.04 Å². The Bertz CT molecular complexity index is 443. The quantitative estimate of drug-likeness (QED) is 0.897. The summed E-state index contributed by atoms with van der Waals surface area (Å²) >= 11 is 1.39. The first-order valence-corrected chi connectivity index (χ1v) is 6.84. The Hall–Kier alpha value is -1.27. The van der Waals surface area contributed by atoms with Crippen molar-refractivity contribution in [2.45, 2.75) is 39.9 Å². The predicted octanol–water partition coefficient (Wildman–Crippen LogP) is 1.94. The van der Waals surface area contributed by atoms with E-state index in [4.69, 9.17) is 0 Å². The topological polar surface area (TPSA) is 55.6 Å². The zero-order valence-electron chi connectivity index (χ0n) is 11.0. The molecule has 0 amide bonds. The van der Waals surface area contributed by atoms with E-state index in [1.165, 1.54) is 11.5 Å². The molecule has 1 atom stereocenters. The van der Waals surface area contributed by atoms with Crippen molar-refractivity contribution >= 4 is 11.5 Å². The molecule has 0 fully saturated rings. The van der Waals surface area contributed by atoms with Crippen LogP contribution in [0.5, 0.6) is 0 Å². The molecular weight excluding hydrogens is 246 g/mol. The Kier molecular flexibility index (Phi) is 4.08. The lowest BCUT2D eigenvalue weighted by atomic mass is 9.86. The molecule has 0 radical (unpaired) electrons. The largest absolute Gasteiger partial charge is 0.336 e. The first-order chi connectivity index (χ1) is 8.55. The number of hydrogen-bond donors (Lipinski definition) is 1. The van der Waals surface area contributed by atoms with Crippen LogP contribution in [0.25, 0.3) is 0 Å². The fraction of sp³-hybridized carbons (Fsp3) is 0.583. The van der Waals surface area contributed by atoms with Crippen LogP contribution in [0.4, 0.5) is 0 Å². The summed E-state index contributed by atoms with van der Waals surface area (Å²) in [6.07, 6.45) is 5.65. The molecule has 0 saturated carbocycles. The van der Waals surface area contributed by atoms with E-state index in [-0.39, 0.29) is 5.41 Å². The normalized spacial score (nSPS) is 13.7. The van der Waals surface area contributed by atoms with Crippen LogP contribution >= 0.6 is 11.5 Å². The summed E-state index contributed by atoms with van der Waals surface area (Å²) in [5.41, 5.74) is 1.17. The predicted molar refractivity (Wildman–Crippen MR) is 72.2 cm³/mol. The third-order valence-corrected chi connectivity index (χ3v) is 3.49. The Morgan fingerprint density at radius 2 is 2.28 bits per heavy atom. The van der Waals surface area contributed by atoms with Gasteiger partial charge in [0.05, 0.1) is 12.0 Å². The summed E-state index contributed by atoms with van der Waals surface area (Å²) in [5.74, 6) is 0. The first kappa shape index (κ1) is 13.2. The van der Waals surface area contributed by atoms with Crippen molar-refractivity contribution in [1.29, 1.82) is 0 Å². The van der Waals surface area contributed by atoms with Crippen molar-refractivity contribution in [2.24, 2.45) is 5.41 Å². The molecule has 1 N–H and O–H groups in total. The van der Waals surface area contributed by atoms with Gasteiger partial charge in [-0.05, 0) is 16.9 Å². The summed E-state index contributed by atoms with van der Waals surface area (Å²) in [6, 6.07) is 0.355. The molecule has 0 aliphatic carbocycles. The minimum absolute atomic E-state index is 0.174. The van der Waals surface area contributed by atoms with Crippen molar-refractivity contribution in [1.82, 2.24) is 24.5 Å². The molecule has 18 heavy (non-hydrogen) atoms. The Morgan fingerprint density at radius 1 is 1.44 bits per heavy atom. The van der Waals surface area contributed by atoms with E-state index in [2.05, 4.69) is 45.2 Å². The molecule has 2 heterocycles. The van der Waals surface area contributed by atoms with Gasteiger partial charge in [-0.1, -0.05) is 25.3 Å². The molecule has 0 aliphatic rings. The van der Waals surface area contributed by atoms with E-state index >= 15 is 0 Å². The van der Waals surface area contributed by atoms with Crippen molar-refractivity contribution in [3.8, 4) is 0 Å². The lowest BCUT2D eigenvalue weighted by Crippen LogP contribution is -2.43. The Labute approximate surface area is 111 Å². The highest BCUT2D eigenvalue weighted by molar-refractivity contribution is 7.03. The molecular formula is C12H19N5S. The van der Waals surface area contributed by atoms with Crippen LogP contribution in [0, 0.1) is 5.41 Å². The summed E-state index contributed by atoms with van der Waals surface area (Å²) in [4.78, 5) is 4.08. The van der Waals surface area contributed by atoms with E-state index in [1.54, 1.807) is 0 Å². The highest BCUT2D eigenvalue weighted by Gasteiger charge is 2.24. The number of aromatic nitrogens is 4. The lowest BCUT2D eigenvalue weighted by Gasteiger charge is -2.31. The van der Waals surface area contributed by atoms with Crippen LogP contribution in [-0.4, -0.2) is 25.2 Å². The molecule has 0 spiro atoms. The zero-order valence-corrected chi connectivity index (χ0v) is 11.8. The molecule has 0 bridgehead atoms. The van der Waals surface area contributed by atoms with Gasteiger partial charge in [0.15, 0.2) is 0 Å². The summed E-state index contributed by atoms with van der Waals surface area (Å²) in [5, 5.41) is 9.59. The molecule has 2 rings (SSSR count). The van der Waals surface area contributed by atoms with Crippen molar-refractivity contribution in [3.05, 3.63) is 29.8 Å². The van der Waals surface area contributed by atoms with Gasteiger partial charge in [-0.25, -0.2) is 4.98 Å². The van der Waals surface area contributed by atoms with Crippen LogP contribution in [0.15, 0.2) is 24.1 Å². The number of nitrogens with one attached hydrogen (secondary N) is 1. The van der Waals surface area contributed by atoms with Crippen LogP contribution in [-0.2, 0) is 13.1 Å². The van der Waals surface area contributed by atoms with Gasteiger partial charge in [-0.2, -0.15) is 0 Å². The van der Waals surface area contributed by atoms with Crippen LogP contribution < -0.4 is 5.32 Å². The number of rotatable bonds is 5. The number of imidazole rings is 1. The monoisotopic (exact) mass is 265 g/mol. The molecule has 2 aromatic heterocycles. The van der Waals surface area contributed by atoms with E-state index in [0.717, 1.165) is 18.8 Å². The van der Waals surface area contributed by atoms with E-state index in [9.17, 15) is 0 Å². The lowest BCUT2D eigenvalue weighted by molar-refractivity contribution is 0.239. The van der Waals surface area contributed by atoms with Gasteiger partial charge >= 0.3 is 0 Å². The second-order valence-electron chi connectivity index (χ2n) is 5.46. The van der Waals surface area contributed by atoms with E-state index in [1.807, 2.05) is 24.1 Å². The highest BCUT2D eigenvalue weighted by Crippen LogP contribution is 2.21. The van der Waals surface area contributed by atoms with Crippen LogP contribution in [0.3, 0.4) is 0 Å². The zero-order chi connectivity index (χ0) is 13.0. The van der Waals surface area contributed by atoms with Gasteiger partial charge in [0.2, 0.25) is 0 Å². The molecule has 0 aliphatic heterocycles. The average Bonchev–Trinajstić information content (AvgIpc) is 2.95. The van der Waals surface area contributed by atoms with Crippen LogP contribution in [0.2, 0.25) is 0 Å². The molecule has 2 aromatic rings. The summed E-state index contributed by atoms with van der Waals surface area (Å²) in [7, 11) is 0. The van der Waals surface area contributed by atoms with Gasteiger partial charge < -0.3 is 9.88 Å². The van der Waals surface area contributed by atoms with Crippen molar-refractivity contribution in [2.75, 3.05) is 0 Å². The van der Waals surface area contributed by atoms with Gasteiger partial charge in [-0.15, -0.1) is 5.10 Å². The summed E-state index contributed by atoms with van der Waals surface area (Å²) in [6.45, 7) is 8.37. The Balaban J connectivity index is 1.97. The maximum Gasteiger partial charge on any atom is 0.0946 e. The van der Waals surface area contributed by atoms with Gasteiger partial charge in [0.1, 0.15) is 0 Å². The van der Waals surface area contributed by atoms with Crippen LogP contribution in [0.1, 0.15) is 26.5 Å². The SMILES string of the molecule is CC(C)(C)C(Cn1ccnc1)NCc1csnn1. The summed E-state index contributed by atoms with van der Waals surface area (Å²) < 4.78 is 5.97. The average molecular weight is 265 g/mol. The third kappa shape index (κ3) is 3.61. The third-order valence-electron chi connectivity index (χ3n) is 2.93. The minimum atomic E-state index is 0.174. The fourth-order valence-electron chi connectivity index (χ4n) is 1.74. The first-order valence-electron chi connectivity index (χ1n) is 6.01. The fourth-order valence-corrected chi connectivity index (χ4v) is 2.19. The maximum absolute atomic E-state index is 4.08. The van der Waals surface area contributed by atoms with Gasteiger partial charge in [-0.3, -0.25) is 0 Å². The van der Waals surface area contributed by atoms with Crippen molar-refractivity contribution < 1.29 is 0 Å². The smallest absolute Gasteiger partial charge is 0.0946 e. The van der Waals surface area contributed by atoms with E-state index < -0.39 is 0 Å². The standard InChI is InChI=1S/C12H19N5S/c1-12(2,3)11(7-17-5-4-13-9-17)14-6-10-8-18-16-15-10/h4-5,8-9,11,14H,6-7H2,1-3H3. The second kappa shape index (κ2) is 5.58. The van der Waals surface area contributed by atoms with Crippen molar-refractivity contribution in [3.63, 3.8) is 0 Å². The number of hydrogen-bond acceptors (Lipinski definition) is 5.